The van der Waals surface area contributed by atoms with Crippen molar-refractivity contribution in [2.45, 2.75) is 65.7 Å². The number of aliphatic carboxylic acids is 2. The number of hydrogen-bond acceptors (Lipinski definition) is 2. The zero-order chi connectivity index (χ0) is 13.7. The van der Waals surface area contributed by atoms with Gasteiger partial charge in [0, 0.05) is 12.8 Å². The Bertz CT molecular complexity index is 200. The summed E-state index contributed by atoms with van der Waals surface area (Å²) >= 11 is 0. The molecule has 0 aliphatic carbocycles. The minimum absolute atomic E-state index is 0.318. The molecule has 0 radical (unpaired) electrons. The fourth-order valence-electron chi connectivity index (χ4n) is 1.19. The van der Waals surface area contributed by atoms with E-state index in [1.165, 1.54) is 0 Å². The van der Waals surface area contributed by atoms with Crippen molar-refractivity contribution in [2.24, 2.45) is 5.92 Å². The van der Waals surface area contributed by atoms with Crippen molar-refractivity contribution >= 4 is 11.9 Å². The minimum atomic E-state index is -0.685. The van der Waals surface area contributed by atoms with Crippen LogP contribution >= 0.6 is 0 Å². The molecule has 0 spiro atoms. The number of unbranched alkanes of at least 4 members (excludes halogenated alkanes) is 2. The van der Waals surface area contributed by atoms with Gasteiger partial charge in [0.2, 0.25) is 0 Å². The second-order valence-electron chi connectivity index (χ2n) is 4.53. The molecule has 0 atom stereocenters. The van der Waals surface area contributed by atoms with Crippen LogP contribution in [0, 0.1) is 5.92 Å². The van der Waals surface area contributed by atoms with E-state index in [9.17, 15) is 9.59 Å². The summed E-state index contributed by atoms with van der Waals surface area (Å²) in [5, 5.41) is 16.4. The molecule has 0 rings (SSSR count). The van der Waals surface area contributed by atoms with Crippen LogP contribution in [0.1, 0.15) is 65.7 Å². The molecule has 0 bridgehead atoms. The quantitative estimate of drug-likeness (QED) is 0.642. The Morgan fingerprint density at radius 2 is 1.41 bits per heavy atom. The summed E-state index contributed by atoms with van der Waals surface area (Å²) in [5.41, 5.74) is 0. The molecular weight excluding hydrogens is 220 g/mol. The van der Waals surface area contributed by atoms with Gasteiger partial charge in [0.1, 0.15) is 0 Å². The van der Waals surface area contributed by atoms with E-state index in [2.05, 4.69) is 20.8 Å². The molecule has 0 aromatic rings. The molecular formula is C13H26O4. The summed E-state index contributed by atoms with van der Waals surface area (Å²) in [6.07, 6.45) is 5.43. The summed E-state index contributed by atoms with van der Waals surface area (Å²) in [7, 11) is 0. The third-order valence-corrected chi connectivity index (χ3v) is 2.17. The number of hydrogen-bond donors (Lipinski definition) is 2. The molecule has 0 aliphatic rings. The molecule has 4 nitrogen and oxygen atoms in total. The van der Waals surface area contributed by atoms with Crippen LogP contribution in [0.25, 0.3) is 0 Å². The van der Waals surface area contributed by atoms with Crippen LogP contribution in [-0.4, -0.2) is 22.2 Å². The first-order valence-electron chi connectivity index (χ1n) is 6.33. The lowest BCUT2D eigenvalue weighted by Crippen LogP contribution is -1.95. The van der Waals surface area contributed by atoms with Gasteiger partial charge in [0.25, 0.3) is 0 Å². The van der Waals surface area contributed by atoms with Crippen molar-refractivity contribution in [3.8, 4) is 0 Å². The van der Waals surface area contributed by atoms with Gasteiger partial charge in [0.15, 0.2) is 0 Å². The molecule has 0 heterocycles. The van der Waals surface area contributed by atoms with Crippen molar-refractivity contribution < 1.29 is 19.8 Å². The van der Waals surface area contributed by atoms with E-state index in [0.29, 0.717) is 18.8 Å². The van der Waals surface area contributed by atoms with Gasteiger partial charge in [0.05, 0.1) is 0 Å². The molecule has 102 valence electrons. The maximum atomic E-state index is 9.98. The zero-order valence-electron chi connectivity index (χ0n) is 11.2. The molecule has 4 heteroatoms. The van der Waals surface area contributed by atoms with Crippen LogP contribution in [0.3, 0.4) is 0 Å². The zero-order valence-corrected chi connectivity index (χ0v) is 11.2. The van der Waals surface area contributed by atoms with E-state index < -0.39 is 11.9 Å². The molecule has 0 saturated heterocycles. The third kappa shape index (κ3) is 25.3. The third-order valence-electron chi connectivity index (χ3n) is 2.17. The Morgan fingerprint density at radius 1 is 0.941 bits per heavy atom. The van der Waals surface area contributed by atoms with Gasteiger partial charge in [-0.2, -0.15) is 0 Å². The van der Waals surface area contributed by atoms with Gasteiger partial charge in [-0.15, -0.1) is 0 Å². The lowest BCUT2D eigenvalue weighted by molar-refractivity contribution is -0.138. The topological polar surface area (TPSA) is 74.6 Å². The van der Waals surface area contributed by atoms with Gasteiger partial charge in [-0.3, -0.25) is 9.59 Å². The SMILES string of the molecule is CC(C)CCCC(=O)O.CCCCCC(=O)O. The number of rotatable bonds is 8. The lowest BCUT2D eigenvalue weighted by Gasteiger charge is -1.99. The average molecular weight is 246 g/mol. The smallest absolute Gasteiger partial charge is 0.303 e. The second kappa shape index (κ2) is 13.0. The van der Waals surface area contributed by atoms with Gasteiger partial charge < -0.3 is 10.2 Å². The van der Waals surface area contributed by atoms with E-state index in [-0.39, 0.29) is 0 Å². The van der Waals surface area contributed by atoms with Gasteiger partial charge in [-0.05, 0) is 18.8 Å². The van der Waals surface area contributed by atoms with Gasteiger partial charge >= 0.3 is 11.9 Å². The fourth-order valence-corrected chi connectivity index (χ4v) is 1.19. The lowest BCUT2D eigenvalue weighted by atomic mass is 10.1. The molecule has 17 heavy (non-hydrogen) atoms. The van der Waals surface area contributed by atoms with E-state index in [1.54, 1.807) is 0 Å². The van der Waals surface area contributed by atoms with E-state index in [0.717, 1.165) is 32.1 Å². The number of carboxylic acids is 2. The largest absolute Gasteiger partial charge is 0.481 e. The Kier molecular flexibility index (Phi) is 14.0. The molecule has 0 amide bonds. The van der Waals surface area contributed by atoms with E-state index >= 15 is 0 Å². The Balaban J connectivity index is 0. The van der Waals surface area contributed by atoms with Crippen molar-refractivity contribution in [1.29, 1.82) is 0 Å². The second-order valence-corrected chi connectivity index (χ2v) is 4.53. The number of carbonyl (C=O) groups is 2. The van der Waals surface area contributed by atoms with E-state index in [1.807, 2.05) is 0 Å². The summed E-state index contributed by atoms with van der Waals surface area (Å²) in [6, 6.07) is 0. The first kappa shape index (κ1) is 18.3. The first-order chi connectivity index (χ1) is 7.90. The summed E-state index contributed by atoms with van der Waals surface area (Å²) in [4.78, 5) is 19.9. The normalized spacial score (nSPS) is 9.65. The molecule has 0 aliphatic heterocycles. The standard InChI is InChI=1S/C7H14O2.C6H12O2/c1-6(2)4-3-5-7(8)9;1-2-3-4-5-6(7)8/h6H,3-5H2,1-2H3,(H,8,9);2-5H2,1H3,(H,7,8). The van der Waals surface area contributed by atoms with Crippen LogP contribution in [0.2, 0.25) is 0 Å². The molecule has 2 N–H and O–H groups in total. The van der Waals surface area contributed by atoms with Crippen LogP contribution in [0.5, 0.6) is 0 Å². The first-order valence-corrected chi connectivity index (χ1v) is 6.33. The highest BCUT2D eigenvalue weighted by atomic mass is 16.4. The predicted molar refractivity (Wildman–Crippen MR) is 68.1 cm³/mol. The maximum absolute atomic E-state index is 9.98. The summed E-state index contributed by atoms with van der Waals surface area (Å²) in [5.74, 6) is -0.738. The van der Waals surface area contributed by atoms with Crippen molar-refractivity contribution in [2.75, 3.05) is 0 Å². The molecule has 0 unspecified atom stereocenters. The summed E-state index contributed by atoms with van der Waals surface area (Å²) < 4.78 is 0. The summed E-state index contributed by atoms with van der Waals surface area (Å²) in [6.45, 7) is 6.26. The van der Waals surface area contributed by atoms with Crippen LogP contribution < -0.4 is 0 Å². The van der Waals surface area contributed by atoms with Gasteiger partial charge in [-0.1, -0.05) is 40.0 Å². The highest BCUT2D eigenvalue weighted by Gasteiger charge is 1.97. The highest BCUT2D eigenvalue weighted by Crippen LogP contribution is 2.05. The minimum Gasteiger partial charge on any atom is -0.481 e. The van der Waals surface area contributed by atoms with Crippen LogP contribution in [0.4, 0.5) is 0 Å². The number of carboxylic acid groups (broad SMARTS) is 2. The Hall–Kier alpha value is -1.06. The van der Waals surface area contributed by atoms with Crippen molar-refractivity contribution in [3.05, 3.63) is 0 Å². The monoisotopic (exact) mass is 246 g/mol. The van der Waals surface area contributed by atoms with Crippen LogP contribution in [0.15, 0.2) is 0 Å². The molecule has 0 aromatic carbocycles. The van der Waals surface area contributed by atoms with E-state index in [4.69, 9.17) is 10.2 Å². The predicted octanol–water partition coefficient (Wildman–Crippen LogP) is 3.55. The molecule has 0 aromatic heterocycles. The van der Waals surface area contributed by atoms with Crippen LogP contribution in [-0.2, 0) is 9.59 Å². The maximum Gasteiger partial charge on any atom is 0.303 e. The van der Waals surface area contributed by atoms with Crippen molar-refractivity contribution in [3.63, 3.8) is 0 Å². The van der Waals surface area contributed by atoms with Gasteiger partial charge in [-0.25, -0.2) is 0 Å². The Labute approximate surface area is 104 Å². The van der Waals surface area contributed by atoms with Crippen molar-refractivity contribution in [1.82, 2.24) is 0 Å². The fraction of sp³-hybridized carbons (Fsp3) is 0.846. The molecule has 0 fully saturated rings. The Morgan fingerprint density at radius 3 is 1.76 bits per heavy atom. The highest BCUT2D eigenvalue weighted by molar-refractivity contribution is 5.66. The molecule has 0 saturated carbocycles. The average Bonchev–Trinajstić information content (AvgIpc) is 2.17.